The minimum atomic E-state index is -4.89. The second kappa shape index (κ2) is 7.30. The highest BCUT2D eigenvalue weighted by molar-refractivity contribution is 5.85. The van der Waals surface area contributed by atoms with Crippen molar-refractivity contribution >= 4 is 24.2 Å². The van der Waals surface area contributed by atoms with E-state index in [0.717, 1.165) is 0 Å². The minimum Gasteiger partial charge on any atom is -0.353 e. The summed E-state index contributed by atoms with van der Waals surface area (Å²) in [4.78, 5) is 20.7. The molecule has 0 atom stereocenters. The van der Waals surface area contributed by atoms with Crippen molar-refractivity contribution in [1.82, 2.24) is 10.6 Å². The maximum atomic E-state index is 11.6. The van der Waals surface area contributed by atoms with E-state index in [-0.39, 0.29) is 32.0 Å². The van der Waals surface area contributed by atoms with E-state index >= 15 is 0 Å². The van der Waals surface area contributed by atoms with E-state index in [4.69, 9.17) is 5.73 Å². The molecule has 0 heterocycles. The van der Waals surface area contributed by atoms with Crippen LogP contribution >= 0.6 is 12.4 Å². The van der Waals surface area contributed by atoms with Crippen molar-refractivity contribution in [3.63, 3.8) is 0 Å². The average molecular weight is 250 g/mol. The largest absolute Gasteiger partial charge is 0.471 e. The standard InChI is InChI=1S/C6H10F3N3O2.ClH/c7-6(8,9)5(14)12-2-1-11-4(13)3-10;/h1-3,10H2,(H,11,13)(H,12,14);1H. The highest BCUT2D eigenvalue weighted by atomic mass is 35.5. The van der Waals surface area contributed by atoms with Crippen LogP contribution < -0.4 is 16.4 Å². The number of hydrogen-bond acceptors (Lipinski definition) is 3. The van der Waals surface area contributed by atoms with E-state index in [1.807, 2.05) is 0 Å². The molecule has 0 spiro atoms. The Morgan fingerprint density at radius 2 is 1.60 bits per heavy atom. The number of nitrogens with two attached hydrogens (primary N) is 1. The Morgan fingerprint density at radius 1 is 1.13 bits per heavy atom. The molecule has 2 amide bonds. The summed E-state index contributed by atoms with van der Waals surface area (Å²) in [5, 5.41) is 3.78. The molecule has 90 valence electrons. The van der Waals surface area contributed by atoms with Gasteiger partial charge >= 0.3 is 12.1 Å². The van der Waals surface area contributed by atoms with Gasteiger partial charge in [0.1, 0.15) is 0 Å². The first-order valence-corrected chi connectivity index (χ1v) is 3.69. The molecule has 0 saturated carbocycles. The van der Waals surface area contributed by atoms with Crippen LogP contribution in [0.25, 0.3) is 0 Å². The summed E-state index contributed by atoms with van der Waals surface area (Å²) in [5.41, 5.74) is 4.90. The van der Waals surface area contributed by atoms with Gasteiger partial charge in [-0.2, -0.15) is 13.2 Å². The number of carbonyl (C=O) groups excluding carboxylic acids is 2. The van der Waals surface area contributed by atoms with E-state index < -0.39 is 18.0 Å². The Balaban J connectivity index is 0. The first-order valence-electron chi connectivity index (χ1n) is 3.69. The molecule has 0 aromatic carbocycles. The molecule has 0 aromatic heterocycles. The van der Waals surface area contributed by atoms with Gasteiger partial charge in [0.15, 0.2) is 0 Å². The molecule has 9 heteroatoms. The van der Waals surface area contributed by atoms with Crippen LogP contribution in [0.2, 0.25) is 0 Å². The van der Waals surface area contributed by atoms with Crippen LogP contribution in [-0.4, -0.2) is 37.6 Å². The van der Waals surface area contributed by atoms with Gasteiger partial charge in [0.2, 0.25) is 5.91 Å². The van der Waals surface area contributed by atoms with Gasteiger partial charge in [0.25, 0.3) is 0 Å². The van der Waals surface area contributed by atoms with Crippen molar-refractivity contribution in [3.05, 3.63) is 0 Å². The fraction of sp³-hybridized carbons (Fsp3) is 0.667. The third kappa shape index (κ3) is 8.01. The Bertz CT molecular complexity index is 222. The lowest BCUT2D eigenvalue weighted by molar-refractivity contribution is -0.173. The summed E-state index contributed by atoms with van der Waals surface area (Å²) in [7, 11) is 0. The fourth-order valence-electron chi connectivity index (χ4n) is 0.550. The molecule has 0 fully saturated rings. The second-order valence-electron chi connectivity index (χ2n) is 2.31. The topological polar surface area (TPSA) is 84.2 Å². The van der Waals surface area contributed by atoms with E-state index in [1.54, 1.807) is 5.32 Å². The number of amides is 2. The first-order chi connectivity index (χ1) is 6.38. The zero-order valence-corrected chi connectivity index (χ0v) is 8.37. The van der Waals surface area contributed by atoms with E-state index in [1.165, 1.54) is 0 Å². The number of nitrogens with one attached hydrogen (secondary N) is 2. The van der Waals surface area contributed by atoms with Gasteiger partial charge in [-0.05, 0) is 0 Å². The Hall–Kier alpha value is -1.02. The van der Waals surface area contributed by atoms with E-state index in [2.05, 4.69) is 5.32 Å². The van der Waals surface area contributed by atoms with E-state index in [9.17, 15) is 22.8 Å². The van der Waals surface area contributed by atoms with Crippen LogP contribution in [-0.2, 0) is 9.59 Å². The summed E-state index contributed by atoms with van der Waals surface area (Å²) < 4.78 is 34.7. The van der Waals surface area contributed by atoms with Crippen molar-refractivity contribution in [3.8, 4) is 0 Å². The molecular weight excluding hydrogens is 239 g/mol. The Kier molecular flexibility index (Phi) is 7.98. The second-order valence-corrected chi connectivity index (χ2v) is 2.31. The molecular formula is C6H11ClF3N3O2. The smallest absolute Gasteiger partial charge is 0.353 e. The van der Waals surface area contributed by atoms with Gasteiger partial charge < -0.3 is 16.4 Å². The third-order valence-electron chi connectivity index (χ3n) is 1.18. The molecule has 0 aromatic rings. The molecule has 0 bridgehead atoms. The zero-order chi connectivity index (χ0) is 11.2. The number of carbonyl (C=O) groups is 2. The lowest BCUT2D eigenvalue weighted by Crippen LogP contribution is -2.42. The van der Waals surface area contributed by atoms with Gasteiger partial charge in [0.05, 0.1) is 6.54 Å². The predicted molar refractivity (Wildman–Crippen MR) is 48.4 cm³/mol. The number of alkyl halides is 3. The maximum Gasteiger partial charge on any atom is 0.471 e. The molecule has 0 aliphatic rings. The van der Waals surface area contributed by atoms with Crippen molar-refractivity contribution in [2.75, 3.05) is 19.6 Å². The highest BCUT2D eigenvalue weighted by Crippen LogP contribution is 2.13. The minimum absolute atomic E-state index is 0. The molecule has 0 rings (SSSR count). The normalized spacial score (nSPS) is 10.1. The summed E-state index contributed by atoms with van der Waals surface area (Å²) in [5.74, 6) is -2.52. The van der Waals surface area contributed by atoms with Crippen LogP contribution in [0.15, 0.2) is 0 Å². The van der Waals surface area contributed by atoms with Gasteiger partial charge in [0, 0.05) is 13.1 Å². The zero-order valence-electron chi connectivity index (χ0n) is 7.56. The van der Waals surface area contributed by atoms with Crippen molar-refractivity contribution in [2.45, 2.75) is 6.18 Å². The number of halogens is 4. The monoisotopic (exact) mass is 249 g/mol. The lowest BCUT2D eigenvalue weighted by Gasteiger charge is -2.07. The quantitative estimate of drug-likeness (QED) is 0.568. The van der Waals surface area contributed by atoms with E-state index in [0.29, 0.717) is 0 Å². The van der Waals surface area contributed by atoms with Crippen LogP contribution in [0.4, 0.5) is 13.2 Å². The van der Waals surface area contributed by atoms with Crippen molar-refractivity contribution in [1.29, 1.82) is 0 Å². The Morgan fingerprint density at radius 3 is 2.00 bits per heavy atom. The van der Waals surface area contributed by atoms with Crippen LogP contribution in [0.1, 0.15) is 0 Å². The highest BCUT2D eigenvalue weighted by Gasteiger charge is 2.38. The Labute approximate surface area is 90.0 Å². The molecule has 15 heavy (non-hydrogen) atoms. The van der Waals surface area contributed by atoms with Crippen LogP contribution in [0, 0.1) is 0 Å². The first kappa shape index (κ1) is 16.4. The molecule has 5 nitrogen and oxygen atoms in total. The maximum absolute atomic E-state index is 11.6. The molecule has 0 aliphatic carbocycles. The summed E-state index contributed by atoms with van der Waals surface area (Å²) in [6.45, 7) is -0.616. The predicted octanol–water partition coefficient (Wildman–Crippen LogP) is -0.838. The van der Waals surface area contributed by atoms with Crippen molar-refractivity contribution < 1.29 is 22.8 Å². The third-order valence-corrected chi connectivity index (χ3v) is 1.18. The number of hydrogen-bond donors (Lipinski definition) is 3. The number of rotatable bonds is 4. The molecule has 0 saturated heterocycles. The molecule has 0 radical (unpaired) electrons. The lowest BCUT2D eigenvalue weighted by atomic mass is 10.5. The summed E-state index contributed by atoms with van der Waals surface area (Å²) in [6.07, 6.45) is -4.89. The molecule has 0 unspecified atom stereocenters. The molecule has 0 aliphatic heterocycles. The van der Waals surface area contributed by atoms with Gasteiger partial charge in [-0.3, -0.25) is 9.59 Å². The average Bonchev–Trinajstić information content (AvgIpc) is 2.09. The SMILES string of the molecule is Cl.NCC(=O)NCCNC(=O)C(F)(F)F. The van der Waals surface area contributed by atoms with Crippen LogP contribution in [0.5, 0.6) is 0 Å². The summed E-state index contributed by atoms with van der Waals surface area (Å²) in [6, 6.07) is 0. The van der Waals surface area contributed by atoms with Crippen LogP contribution in [0.3, 0.4) is 0 Å². The van der Waals surface area contributed by atoms with Gasteiger partial charge in [-0.15, -0.1) is 12.4 Å². The summed E-state index contributed by atoms with van der Waals surface area (Å²) >= 11 is 0. The fourth-order valence-corrected chi connectivity index (χ4v) is 0.550. The van der Waals surface area contributed by atoms with Gasteiger partial charge in [-0.25, -0.2) is 0 Å². The van der Waals surface area contributed by atoms with Crippen molar-refractivity contribution in [2.24, 2.45) is 5.73 Å². The molecule has 4 N–H and O–H groups in total. The van der Waals surface area contributed by atoms with Gasteiger partial charge in [-0.1, -0.05) is 0 Å².